The lowest BCUT2D eigenvalue weighted by atomic mass is 10.1. The van der Waals surface area contributed by atoms with Crippen LogP contribution in [0.4, 0.5) is 31.1 Å². The molecule has 1 aromatic rings. The number of carbonyl (C=O) groups is 1. The Kier molecular flexibility index (Phi) is 8.19. The molecule has 0 bridgehead atoms. The van der Waals surface area contributed by atoms with Crippen molar-refractivity contribution in [2.45, 2.75) is 31.2 Å². The van der Waals surface area contributed by atoms with Crippen LogP contribution in [-0.2, 0) is 6.42 Å². The van der Waals surface area contributed by atoms with Gasteiger partial charge in [0.05, 0.1) is 6.54 Å². The summed E-state index contributed by atoms with van der Waals surface area (Å²) in [5.74, 6) is 0. The fraction of sp³-hybridized carbons (Fsp3) is 0.562. The van der Waals surface area contributed by atoms with E-state index in [2.05, 4.69) is 5.32 Å². The van der Waals surface area contributed by atoms with Gasteiger partial charge >= 0.3 is 18.4 Å². The van der Waals surface area contributed by atoms with Gasteiger partial charge < -0.3 is 10.6 Å². The monoisotopic (exact) mass is 385 g/mol. The number of hydrogen-bond acceptors (Lipinski definition) is 2. The van der Waals surface area contributed by atoms with E-state index in [9.17, 15) is 31.1 Å². The second-order valence-electron chi connectivity index (χ2n) is 5.89. The molecule has 0 aliphatic rings. The average Bonchev–Trinajstić information content (AvgIpc) is 2.49. The number of carbonyl (C=O) groups excluding carboxylic acids is 1. The lowest BCUT2D eigenvalue weighted by Gasteiger charge is -2.22. The first-order valence-corrected chi connectivity index (χ1v) is 7.87. The summed E-state index contributed by atoms with van der Waals surface area (Å²) >= 11 is 0. The molecule has 1 atom stereocenters. The zero-order chi connectivity index (χ0) is 19.8. The van der Waals surface area contributed by atoms with Crippen molar-refractivity contribution >= 4 is 6.03 Å². The second kappa shape index (κ2) is 9.65. The van der Waals surface area contributed by atoms with Gasteiger partial charge in [0.2, 0.25) is 0 Å². The third-order valence-electron chi connectivity index (χ3n) is 3.43. The fourth-order valence-electron chi connectivity index (χ4n) is 2.24. The lowest BCUT2D eigenvalue weighted by molar-refractivity contribution is -0.152. The Morgan fingerprint density at radius 1 is 1.12 bits per heavy atom. The SMILES string of the molecule is CN(CCCNC(=O)NC(Cc1ccccc1)C(F)(F)F)CC(F)(F)F. The highest BCUT2D eigenvalue weighted by Crippen LogP contribution is 2.23. The minimum absolute atomic E-state index is 0.0378. The fourth-order valence-corrected chi connectivity index (χ4v) is 2.24. The number of benzene rings is 1. The molecule has 2 N–H and O–H groups in total. The summed E-state index contributed by atoms with van der Waals surface area (Å²) in [6.45, 7) is -1.08. The highest BCUT2D eigenvalue weighted by Gasteiger charge is 2.40. The van der Waals surface area contributed by atoms with Gasteiger partial charge in [0, 0.05) is 13.0 Å². The van der Waals surface area contributed by atoms with E-state index < -0.39 is 37.4 Å². The summed E-state index contributed by atoms with van der Waals surface area (Å²) in [6.07, 6.45) is -9.18. The highest BCUT2D eigenvalue weighted by molar-refractivity contribution is 5.74. The third-order valence-corrected chi connectivity index (χ3v) is 3.43. The molecule has 26 heavy (non-hydrogen) atoms. The Morgan fingerprint density at radius 3 is 2.27 bits per heavy atom. The van der Waals surface area contributed by atoms with Gasteiger partial charge in [0.25, 0.3) is 0 Å². The van der Waals surface area contributed by atoms with Crippen LogP contribution < -0.4 is 10.6 Å². The predicted molar refractivity (Wildman–Crippen MR) is 84.7 cm³/mol. The number of nitrogens with zero attached hydrogens (tertiary/aromatic N) is 1. The molecule has 0 aromatic heterocycles. The number of rotatable bonds is 8. The first-order chi connectivity index (χ1) is 12.0. The largest absolute Gasteiger partial charge is 0.408 e. The molecule has 1 unspecified atom stereocenters. The van der Waals surface area contributed by atoms with Crippen LogP contribution in [0.5, 0.6) is 0 Å². The lowest BCUT2D eigenvalue weighted by Crippen LogP contribution is -2.50. The van der Waals surface area contributed by atoms with Crippen LogP contribution in [0.1, 0.15) is 12.0 Å². The van der Waals surface area contributed by atoms with Crippen molar-refractivity contribution in [2.24, 2.45) is 0 Å². The van der Waals surface area contributed by atoms with E-state index in [1.807, 2.05) is 5.32 Å². The van der Waals surface area contributed by atoms with Crippen molar-refractivity contribution in [3.8, 4) is 0 Å². The molecule has 0 spiro atoms. The van der Waals surface area contributed by atoms with Gasteiger partial charge in [-0.3, -0.25) is 4.90 Å². The summed E-state index contributed by atoms with van der Waals surface area (Å²) < 4.78 is 75.6. The van der Waals surface area contributed by atoms with Crippen LogP contribution in [0.15, 0.2) is 30.3 Å². The van der Waals surface area contributed by atoms with Gasteiger partial charge in [0.15, 0.2) is 0 Å². The number of hydrogen-bond donors (Lipinski definition) is 2. The molecule has 0 heterocycles. The van der Waals surface area contributed by atoms with Gasteiger partial charge in [-0.15, -0.1) is 0 Å². The summed E-state index contributed by atoms with van der Waals surface area (Å²) in [5, 5.41) is 4.09. The molecule has 0 fully saturated rings. The van der Waals surface area contributed by atoms with Gasteiger partial charge in [0.1, 0.15) is 6.04 Å². The van der Waals surface area contributed by atoms with E-state index in [1.165, 1.54) is 19.2 Å². The molecule has 0 saturated carbocycles. The van der Waals surface area contributed by atoms with E-state index in [0.29, 0.717) is 5.56 Å². The molecule has 0 aliphatic carbocycles. The summed E-state index contributed by atoms with van der Waals surface area (Å²) in [4.78, 5) is 12.7. The zero-order valence-corrected chi connectivity index (χ0v) is 14.1. The molecule has 1 aromatic carbocycles. The third kappa shape index (κ3) is 9.50. The normalized spacial score (nSPS) is 13.5. The Balaban J connectivity index is 2.40. The molecule has 2 amide bonds. The zero-order valence-electron chi connectivity index (χ0n) is 14.1. The van der Waals surface area contributed by atoms with E-state index >= 15 is 0 Å². The van der Waals surface area contributed by atoms with E-state index in [0.717, 1.165) is 4.90 Å². The Labute approximate surface area is 147 Å². The molecule has 10 heteroatoms. The minimum Gasteiger partial charge on any atom is -0.338 e. The smallest absolute Gasteiger partial charge is 0.338 e. The standard InChI is InChI=1S/C16H21F6N3O/c1-25(11-15(17,18)19)9-5-8-23-14(26)24-13(16(20,21)22)10-12-6-3-2-4-7-12/h2-4,6-7,13H,5,8-11H2,1H3,(H2,23,24,26). The summed E-state index contributed by atoms with van der Waals surface area (Å²) in [5.41, 5.74) is 0.420. The maximum atomic E-state index is 13.1. The Hall–Kier alpha value is -1.97. The maximum Gasteiger partial charge on any atom is 0.408 e. The van der Waals surface area contributed by atoms with Gasteiger partial charge in [-0.1, -0.05) is 30.3 Å². The van der Waals surface area contributed by atoms with Gasteiger partial charge in [-0.25, -0.2) is 4.79 Å². The molecule has 0 saturated heterocycles. The second-order valence-corrected chi connectivity index (χ2v) is 5.89. The number of alkyl halides is 6. The molecule has 4 nitrogen and oxygen atoms in total. The maximum absolute atomic E-state index is 13.1. The average molecular weight is 385 g/mol. The first-order valence-electron chi connectivity index (χ1n) is 7.87. The molecule has 148 valence electrons. The molecular weight excluding hydrogens is 364 g/mol. The van der Waals surface area contributed by atoms with Crippen LogP contribution in [0.25, 0.3) is 0 Å². The quantitative estimate of drug-likeness (QED) is 0.533. The number of amides is 2. The first kappa shape index (κ1) is 22.1. The van der Waals surface area contributed by atoms with Crippen molar-refractivity contribution in [3.05, 3.63) is 35.9 Å². The molecule has 0 aliphatic heterocycles. The number of urea groups is 1. The summed E-state index contributed by atoms with van der Waals surface area (Å²) in [7, 11) is 1.27. The Bertz CT molecular complexity index is 547. The van der Waals surface area contributed by atoms with E-state index in [1.54, 1.807) is 18.2 Å². The number of halogens is 6. The summed E-state index contributed by atoms with van der Waals surface area (Å²) in [6, 6.07) is 4.84. The van der Waals surface area contributed by atoms with Crippen molar-refractivity contribution in [1.29, 1.82) is 0 Å². The van der Waals surface area contributed by atoms with Crippen LogP contribution in [0.3, 0.4) is 0 Å². The van der Waals surface area contributed by atoms with Crippen molar-refractivity contribution in [3.63, 3.8) is 0 Å². The van der Waals surface area contributed by atoms with Crippen LogP contribution in [0.2, 0.25) is 0 Å². The van der Waals surface area contributed by atoms with E-state index in [-0.39, 0.29) is 19.5 Å². The number of nitrogens with one attached hydrogen (secondary N) is 2. The van der Waals surface area contributed by atoms with Crippen molar-refractivity contribution < 1.29 is 31.1 Å². The molecule has 0 radical (unpaired) electrons. The van der Waals surface area contributed by atoms with E-state index in [4.69, 9.17) is 0 Å². The minimum atomic E-state index is -4.62. The Morgan fingerprint density at radius 2 is 1.73 bits per heavy atom. The van der Waals surface area contributed by atoms with Crippen LogP contribution in [-0.4, -0.2) is 56.0 Å². The predicted octanol–water partition coefficient (Wildman–Crippen LogP) is 3.34. The van der Waals surface area contributed by atoms with Crippen molar-refractivity contribution in [2.75, 3.05) is 26.7 Å². The van der Waals surface area contributed by atoms with Crippen LogP contribution in [0, 0.1) is 0 Å². The van der Waals surface area contributed by atoms with Crippen LogP contribution >= 0.6 is 0 Å². The van der Waals surface area contributed by atoms with Gasteiger partial charge in [-0.05, 0) is 25.6 Å². The van der Waals surface area contributed by atoms with Crippen molar-refractivity contribution in [1.82, 2.24) is 15.5 Å². The molecular formula is C16H21F6N3O. The van der Waals surface area contributed by atoms with Gasteiger partial charge in [-0.2, -0.15) is 26.3 Å². The molecule has 1 rings (SSSR count). The highest BCUT2D eigenvalue weighted by atomic mass is 19.4. The topological polar surface area (TPSA) is 44.4 Å².